The Balaban J connectivity index is 0.000000176. The average Bonchev–Trinajstić information content (AvgIpc) is 2.72. The van der Waals surface area contributed by atoms with E-state index in [-0.39, 0.29) is 0 Å². The van der Waals surface area contributed by atoms with Crippen LogP contribution in [-0.4, -0.2) is 17.3 Å². The Hall–Kier alpha value is -3.20. The summed E-state index contributed by atoms with van der Waals surface area (Å²) < 4.78 is 5.16. The third kappa shape index (κ3) is 5.11. The summed E-state index contributed by atoms with van der Waals surface area (Å²) in [7, 11) is 1.64. The van der Waals surface area contributed by atoms with Crippen LogP contribution >= 0.6 is 0 Å². The lowest BCUT2D eigenvalue weighted by Crippen LogP contribution is -1.89. The van der Waals surface area contributed by atoms with E-state index in [1.54, 1.807) is 13.2 Å². The molecule has 0 aliphatic carbocycles. The monoisotopic (exact) mass is 416 g/mol. The number of benzene rings is 4. The molecule has 0 radical (unpaired) electrons. The highest BCUT2D eigenvalue weighted by Crippen LogP contribution is 2.32. The second kappa shape index (κ2) is 9.30. The van der Waals surface area contributed by atoms with Crippen LogP contribution in [0, 0.1) is 6.92 Å². The fraction of sp³-hybridized carbons (Fsp3) is 0.286. The highest BCUT2D eigenvalue weighted by molar-refractivity contribution is 5.87. The molecule has 0 spiro atoms. The zero-order chi connectivity index (χ0) is 22.7. The first-order valence-corrected chi connectivity index (χ1v) is 10.7. The summed E-state index contributed by atoms with van der Waals surface area (Å²) in [5, 5.41) is 24.2. The first-order chi connectivity index (χ1) is 14.7. The van der Waals surface area contributed by atoms with Gasteiger partial charge in [0.05, 0.1) is 7.11 Å². The zero-order valence-corrected chi connectivity index (χ0v) is 19.2. The van der Waals surface area contributed by atoms with Gasteiger partial charge in [-0.15, -0.1) is 0 Å². The van der Waals surface area contributed by atoms with Crippen molar-refractivity contribution in [2.24, 2.45) is 0 Å². The third-order valence-corrected chi connectivity index (χ3v) is 5.58. The standard InChI is InChI=1S/C14H16O2.C14H16O/c1-9(2)13-7-10-4-5-12(16-3)6-11(10)8-14(13)15;1-9(2)13-7-11-5-4-10(3)6-12(11)8-14(13)15/h4-9,15H,1-3H3;4-9,15H,1-3H3. The van der Waals surface area contributed by atoms with Crippen molar-refractivity contribution in [1.82, 2.24) is 0 Å². The fourth-order valence-corrected chi connectivity index (χ4v) is 3.76. The molecule has 0 aliphatic heterocycles. The minimum atomic E-state index is 0.325. The van der Waals surface area contributed by atoms with E-state index in [1.807, 2.05) is 30.3 Å². The van der Waals surface area contributed by atoms with Gasteiger partial charge in [-0.2, -0.15) is 0 Å². The third-order valence-electron chi connectivity index (χ3n) is 5.58. The molecule has 3 heteroatoms. The van der Waals surface area contributed by atoms with Gasteiger partial charge in [0.15, 0.2) is 0 Å². The summed E-state index contributed by atoms with van der Waals surface area (Å²) in [4.78, 5) is 0. The number of phenols is 2. The molecule has 0 saturated carbocycles. The molecule has 0 aliphatic rings. The van der Waals surface area contributed by atoms with Gasteiger partial charge in [0.2, 0.25) is 0 Å². The highest BCUT2D eigenvalue weighted by atomic mass is 16.5. The lowest BCUT2D eigenvalue weighted by Gasteiger charge is -2.10. The van der Waals surface area contributed by atoms with E-state index in [2.05, 4.69) is 58.9 Å². The minimum Gasteiger partial charge on any atom is -0.508 e. The topological polar surface area (TPSA) is 49.7 Å². The number of ether oxygens (including phenoxy) is 1. The number of hydrogen-bond donors (Lipinski definition) is 2. The first kappa shape index (κ1) is 22.5. The first-order valence-electron chi connectivity index (χ1n) is 10.7. The molecule has 31 heavy (non-hydrogen) atoms. The number of aromatic hydroxyl groups is 2. The molecule has 0 unspecified atom stereocenters. The highest BCUT2D eigenvalue weighted by Gasteiger charge is 2.08. The molecule has 4 aromatic carbocycles. The van der Waals surface area contributed by atoms with Crippen LogP contribution in [-0.2, 0) is 0 Å². The van der Waals surface area contributed by atoms with Crippen molar-refractivity contribution in [2.45, 2.75) is 46.5 Å². The maximum Gasteiger partial charge on any atom is 0.119 e. The van der Waals surface area contributed by atoms with Crippen molar-refractivity contribution in [3.05, 3.63) is 77.4 Å². The van der Waals surface area contributed by atoms with Crippen molar-refractivity contribution < 1.29 is 14.9 Å². The van der Waals surface area contributed by atoms with Gasteiger partial charge < -0.3 is 14.9 Å². The normalized spacial score (nSPS) is 11.1. The fourth-order valence-electron chi connectivity index (χ4n) is 3.76. The van der Waals surface area contributed by atoms with Crippen molar-refractivity contribution in [1.29, 1.82) is 0 Å². The molecule has 3 nitrogen and oxygen atoms in total. The van der Waals surface area contributed by atoms with E-state index < -0.39 is 0 Å². The van der Waals surface area contributed by atoms with E-state index in [0.29, 0.717) is 23.3 Å². The molecule has 0 heterocycles. The van der Waals surface area contributed by atoms with Crippen molar-refractivity contribution in [3.8, 4) is 17.2 Å². The number of rotatable bonds is 3. The summed E-state index contributed by atoms with van der Waals surface area (Å²) in [6, 6.07) is 20.0. The maximum absolute atomic E-state index is 9.90. The van der Waals surface area contributed by atoms with Crippen LogP contribution in [0.25, 0.3) is 21.5 Å². The lowest BCUT2D eigenvalue weighted by atomic mass is 9.97. The smallest absolute Gasteiger partial charge is 0.119 e. The molecule has 0 fully saturated rings. The van der Waals surface area contributed by atoms with Gasteiger partial charge in [0, 0.05) is 0 Å². The van der Waals surface area contributed by atoms with Crippen LogP contribution < -0.4 is 4.74 Å². The SMILES string of the molecule is COc1ccc2cc(C(C)C)c(O)cc2c1.Cc1ccc2cc(C(C)C)c(O)cc2c1. The van der Waals surface area contributed by atoms with Crippen LogP contribution in [0.4, 0.5) is 0 Å². The Morgan fingerprint density at radius 1 is 0.613 bits per heavy atom. The number of phenolic OH excluding ortho intramolecular Hbond substituents is 2. The van der Waals surface area contributed by atoms with E-state index in [4.69, 9.17) is 4.74 Å². The van der Waals surface area contributed by atoms with Gasteiger partial charge in [-0.25, -0.2) is 0 Å². The largest absolute Gasteiger partial charge is 0.508 e. The summed E-state index contributed by atoms with van der Waals surface area (Å²) in [5.74, 6) is 2.25. The molecule has 0 bridgehead atoms. The zero-order valence-electron chi connectivity index (χ0n) is 19.2. The maximum atomic E-state index is 9.90. The predicted molar refractivity (Wildman–Crippen MR) is 131 cm³/mol. The number of fused-ring (bicyclic) bond motifs is 2. The van der Waals surface area contributed by atoms with Gasteiger partial charge in [-0.05, 0) is 87.8 Å². The Bertz CT molecular complexity index is 1210. The van der Waals surface area contributed by atoms with Crippen molar-refractivity contribution >= 4 is 21.5 Å². The molecule has 0 saturated heterocycles. The van der Waals surface area contributed by atoms with E-state index in [9.17, 15) is 10.2 Å². The van der Waals surface area contributed by atoms with Crippen molar-refractivity contribution in [2.75, 3.05) is 7.11 Å². The average molecular weight is 417 g/mol. The molecule has 0 aromatic heterocycles. The Labute approximate surface area is 184 Å². The second-order valence-electron chi connectivity index (χ2n) is 8.70. The van der Waals surface area contributed by atoms with Crippen LogP contribution in [0.1, 0.15) is 56.2 Å². The molecule has 2 N–H and O–H groups in total. The lowest BCUT2D eigenvalue weighted by molar-refractivity contribution is 0.415. The van der Waals surface area contributed by atoms with Gasteiger partial charge in [0.1, 0.15) is 17.2 Å². The number of methoxy groups -OCH3 is 1. The van der Waals surface area contributed by atoms with E-state index >= 15 is 0 Å². The van der Waals surface area contributed by atoms with E-state index in [0.717, 1.165) is 33.0 Å². The Morgan fingerprint density at radius 3 is 1.58 bits per heavy atom. The van der Waals surface area contributed by atoms with Crippen LogP contribution in [0.5, 0.6) is 17.2 Å². The molecular formula is C28H32O3. The van der Waals surface area contributed by atoms with Gasteiger partial charge in [-0.3, -0.25) is 0 Å². The quantitative estimate of drug-likeness (QED) is 0.360. The summed E-state index contributed by atoms with van der Waals surface area (Å²) >= 11 is 0. The summed E-state index contributed by atoms with van der Waals surface area (Å²) in [6.07, 6.45) is 0. The minimum absolute atomic E-state index is 0.325. The Kier molecular flexibility index (Phi) is 6.74. The second-order valence-corrected chi connectivity index (χ2v) is 8.70. The molecule has 162 valence electrons. The van der Waals surface area contributed by atoms with Crippen LogP contribution in [0.3, 0.4) is 0 Å². The van der Waals surface area contributed by atoms with Crippen molar-refractivity contribution in [3.63, 3.8) is 0 Å². The summed E-state index contributed by atoms with van der Waals surface area (Å²) in [5.41, 5.74) is 3.23. The van der Waals surface area contributed by atoms with Gasteiger partial charge in [0.25, 0.3) is 0 Å². The van der Waals surface area contributed by atoms with Crippen LogP contribution in [0.2, 0.25) is 0 Å². The van der Waals surface area contributed by atoms with Crippen LogP contribution in [0.15, 0.2) is 60.7 Å². The van der Waals surface area contributed by atoms with E-state index in [1.165, 1.54) is 10.9 Å². The summed E-state index contributed by atoms with van der Waals surface area (Å²) in [6.45, 7) is 10.4. The van der Waals surface area contributed by atoms with Gasteiger partial charge in [-0.1, -0.05) is 57.5 Å². The molecule has 0 atom stereocenters. The molecule has 0 amide bonds. The molecular weight excluding hydrogens is 384 g/mol. The molecule has 4 aromatic rings. The number of hydrogen-bond acceptors (Lipinski definition) is 3. The Morgan fingerprint density at radius 2 is 1.10 bits per heavy atom. The molecule has 4 rings (SSSR count). The van der Waals surface area contributed by atoms with Gasteiger partial charge >= 0.3 is 0 Å². The number of aryl methyl sites for hydroxylation is 1. The predicted octanol–water partition coefficient (Wildman–Crippen LogP) is 7.65.